The molecule has 1 aliphatic heterocycles. The molecule has 1 atom stereocenters. The largest absolute Gasteiger partial charge is 0.346 e. The van der Waals surface area contributed by atoms with Crippen LogP contribution in [0.1, 0.15) is 6.42 Å². The topological polar surface area (TPSA) is 88.2 Å². The normalized spacial score (nSPS) is 20.7. The summed E-state index contributed by atoms with van der Waals surface area (Å²) >= 11 is 0. The van der Waals surface area contributed by atoms with Gasteiger partial charge in [0.05, 0.1) is 5.69 Å². The van der Waals surface area contributed by atoms with E-state index < -0.39 is 15.6 Å². The van der Waals surface area contributed by atoms with Crippen LogP contribution in [0, 0.1) is 6.57 Å². The van der Waals surface area contributed by atoms with Crippen LogP contribution in [0.2, 0.25) is 0 Å². The summed E-state index contributed by atoms with van der Waals surface area (Å²) in [5.41, 5.74) is 1.86. The fraction of sp³-hybridized carbons (Fsp3) is 0.278. The molecule has 3 aromatic heterocycles. The first-order valence-electron chi connectivity index (χ1n) is 8.42. The number of rotatable bonds is 5. The highest BCUT2D eigenvalue weighted by atomic mass is 32.2. The van der Waals surface area contributed by atoms with Gasteiger partial charge in [0.25, 0.3) is 0 Å². The highest BCUT2D eigenvalue weighted by Gasteiger charge is 2.45. The Morgan fingerprint density at radius 1 is 1.41 bits per heavy atom. The molecule has 1 N–H and O–H groups in total. The minimum absolute atomic E-state index is 0.202. The van der Waals surface area contributed by atoms with E-state index in [1.807, 2.05) is 35.3 Å². The molecule has 0 bridgehead atoms. The second kappa shape index (κ2) is 6.33. The monoisotopic (exact) mass is 382 g/mol. The van der Waals surface area contributed by atoms with Gasteiger partial charge in [-0.1, -0.05) is 6.58 Å². The maximum atomic E-state index is 12.2. The van der Waals surface area contributed by atoms with E-state index in [4.69, 9.17) is 6.57 Å². The third kappa shape index (κ3) is 2.83. The summed E-state index contributed by atoms with van der Waals surface area (Å²) in [5.74, 6) is 0. The van der Waals surface area contributed by atoms with Crippen molar-refractivity contribution in [2.45, 2.75) is 12.0 Å². The molecule has 3 aromatic rings. The summed E-state index contributed by atoms with van der Waals surface area (Å²) in [4.78, 5) is 15.3. The first-order chi connectivity index (χ1) is 13.0. The van der Waals surface area contributed by atoms with E-state index >= 15 is 0 Å². The molecule has 0 radical (unpaired) electrons. The quantitative estimate of drug-likeness (QED) is 0.686. The standard InChI is InChI=1S/C18H18N6O2S/c1-3-27(25,26)24-9-6-18(12-24,11-19-2)23-8-5-14(10-23)16-15-4-7-20-17(15)22-13-21-16/h3-5,7-8,10,13H,1,6,9,11-12H2,(H,20,21,22). The van der Waals surface area contributed by atoms with Crippen molar-refractivity contribution in [3.63, 3.8) is 0 Å². The number of H-pyrrole nitrogens is 1. The minimum atomic E-state index is -3.51. The zero-order valence-electron chi connectivity index (χ0n) is 14.5. The summed E-state index contributed by atoms with van der Waals surface area (Å²) in [6.07, 6.45) is 7.72. The van der Waals surface area contributed by atoms with Crippen LogP contribution >= 0.6 is 0 Å². The lowest BCUT2D eigenvalue weighted by atomic mass is 9.98. The van der Waals surface area contributed by atoms with Crippen molar-refractivity contribution >= 4 is 21.1 Å². The smallest absolute Gasteiger partial charge is 0.239 e. The van der Waals surface area contributed by atoms with Gasteiger partial charge in [-0.05, 0) is 18.6 Å². The summed E-state index contributed by atoms with van der Waals surface area (Å²) in [5, 5.41) is 1.88. The highest BCUT2D eigenvalue weighted by Crippen LogP contribution is 2.34. The van der Waals surface area contributed by atoms with E-state index in [9.17, 15) is 8.42 Å². The van der Waals surface area contributed by atoms with E-state index in [1.165, 1.54) is 10.6 Å². The van der Waals surface area contributed by atoms with Crippen LogP contribution in [0.25, 0.3) is 27.1 Å². The number of hydrogen-bond donors (Lipinski definition) is 1. The van der Waals surface area contributed by atoms with Gasteiger partial charge >= 0.3 is 0 Å². The number of sulfonamides is 1. The lowest BCUT2D eigenvalue weighted by Crippen LogP contribution is -2.40. The average Bonchev–Trinajstić information content (AvgIpc) is 3.40. The molecule has 9 heteroatoms. The van der Waals surface area contributed by atoms with Crippen molar-refractivity contribution in [3.05, 3.63) is 60.5 Å². The molecular formula is C18H18N6O2S. The average molecular weight is 382 g/mol. The van der Waals surface area contributed by atoms with Gasteiger partial charge in [0, 0.05) is 48.0 Å². The van der Waals surface area contributed by atoms with E-state index in [2.05, 4.69) is 26.4 Å². The first kappa shape index (κ1) is 17.5. The van der Waals surface area contributed by atoms with Crippen LogP contribution in [0.15, 0.2) is 49.0 Å². The summed E-state index contributed by atoms with van der Waals surface area (Å²) in [7, 11) is -3.51. The second-order valence-corrected chi connectivity index (χ2v) is 8.49. The summed E-state index contributed by atoms with van der Waals surface area (Å²) in [6, 6.07) is 3.86. The van der Waals surface area contributed by atoms with Crippen molar-refractivity contribution < 1.29 is 8.42 Å². The molecule has 0 aromatic carbocycles. The van der Waals surface area contributed by atoms with Crippen molar-refractivity contribution in [2.24, 2.45) is 0 Å². The molecule has 0 amide bonds. The second-order valence-electron chi connectivity index (χ2n) is 6.61. The minimum Gasteiger partial charge on any atom is -0.346 e. The van der Waals surface area contributed by atoms with Crippen LogP contribution in [0.3, 0.4) is 0 Å². The number of nitrogens with one attached hydrogen (secondary N) is 1. The first-order valence-corrected chi connectivity index (χ1v) is 9.92. The number of aromatic amines is 1. The SMILES string of the molecule is [C-]#[N+]CC1(n2ccc(-c3ncnc4[nH]ccc34)c2)CCN(S(=O)(=O)C=C)C1. The van der Waals surface area contributed by atoms with E-state index in [0.717, 1.165) is 27.7 Å². The van der Waals surface area contributed by atoms with Gasteiger partial charge in [-0.25, -0.2) is 25.0 Å². The van der Waals surface area contributed by atoms with Crippen LogP contribution in [-0.4, -0.2) is 51.9 Å². The Labute approximate surface area is 157 Å². The molecule has 8 nitrogen and oxygen atoms in total. The molecule has 1 unspecified atom stereocenters. The molecule has 1 aliphatic rings. The van der Waals surface area contributed by atoms with Gasteiger partial charge < -0.3 is 14.4 Å². The Morgan fingerprint density at radius 2 is 2.26 bits per heavy atom. The number of nitrogens with zero attached hydrogens (tertiary/aromatic N) is 5. The van der Waals surface area contributed by atoms with Crippen molar-refractivity contribution in [3.8, 4) is 11.3 Å². The molecule has 0 saturated carbocycles. The van der Waals surface area contributed by atoms with Gasteiger partial charge in [0.1, 0.15) is 17.5 Å². The lowest BCUT2D eigenvalue weighted by Gasteiger charge is -2.26. The molecule has 0 aliphatic carbocycles. The summed E-state index contributed by atoms with van der Waals surface area (Å²) < 4.78 is 27.7. The molecular weight excluding hydrogens is 364 g/mol. The maximum Gasteiger partial charge on any atom is 0.239 e. The highest BCUT2D eigenvalue weighted by molar-refractivity contribution is 7.92. The van der Waals surface area contributed by atoms with Crippen molar-refractivity contribution in [2.75, 3.05) is 19.6 Å². The Bertz CT molecular complexity index is 1160. The third-order valence-electron chi connectivity index (χ3n) is 5.11. The van der Waals surface area contributed by atoms with Crippen molar-refractivity contribution in [1.82, 2.24) is 23.8 Å². The van der Waals surface area contributed by atoms with E-state index in [0.29, 0.717) is 13.0 Å². The predicted octanol–water partition coefficient (Wildman–Crippen LogP) is 2.22. The maximum absolute atomic E-state index is 12.2. The molecule has 138 valence electrons. The number of aromatic nitrogens is 4. The zero-order valence-corrected chi connectivity index (χ0v) is 15.4. The molecule has 1 saturated heterocycles. The van der Waals surface area contributed by atoms with Gasteiger partial charge in [-0.3, -0.25) is 0 Å². The molecule has 4 rings (SSSR count). The summed E-state index contributed by atoms with van der Waals surface area (Å²) in [6.45, 7) is 11.6. The van der Waals surface area contributed by atoms with Crippen LogP contribution in [0.4, 0.5) is 0 Å². The zero-order chi connectivity index (χ0) is 19.1. The van der Waals surface area contributed by atoms with Crippen LogP contribution < -0.4 is 0 Å². The fourth-order valence-electron chi connectivity index (χ4n) is 3.64. The lowest BCUT2D eigenvalue weighted by molar-refractivity contribution is 0.326. The number of hydrogen-bond acceptors (Lipinski definition) is 4. The third-order valence-corrected chi connectivity index (χ3v) is 6.56. The molecule has 4 heterocycles. The van der Waals surface area contributed by atoms with E-state index in [-0.39, 0.29) is 13.1 Å². The molecule has 27 heavy (non-hydrogen) atoms. The Morgan fingerprint density at radius 3 is 3.04 bits per heavy atom. The van der Waals surface area contributed by atoms with Gasteiger partial charge in [-0.2, -0.15) is 4.31 Å². The van der Waals surface area contributed by atoms with E-state index in [1.54, 1.807) is 0 Å². The molecule has 1 fully saturated rings. The Balaban J connectivity index is 1.73. The Hall–Kier alpha value is -2.96. The van der Waals surface area contributed by atoms with Crippen molar-refractivity contribution in [1.29, 1.82) is 0 Å². The number of fused-ring (bicyclic) bond motifs is 1. The van der Waals surface area contributed by atoms with Gasteiger partial charge in [0.15, 0.2) is 0 Å². The fourth-order valence-corrected chi connectivity index (χ4v) is 4.62. The molecule has 0 spiro atoms. The van der Waals surface area contributed by atoms with Crippen LogP contribution in [-0.2, 0) is 15.6 Å². The predicted molar refractivity (Wildman–Crippen MR) is 102 cm³/mol. The van der Waals surface area contributed by atoms with Crippen LogP contribution in [0.5, 0.6) is 0 Å². The van der Waals surface area contributed by atoms with Gasteiger partial charge in [0.2, 0.25) is 16.6 Å². The van der Waals surface area contributed by atoms with Gasteiger partial charge in [-0.15, -0.1) is 0 Å². The Kier molecular flexibility index (Phi) is 4.09.